The smallest absolute Gasteiger partial charge is 0.277 e. The van der Waals surface area contributed by atoms with Crippen molar-refractivity contribution in [3.63, 3.8) is 0 Å². The molecule has 0 bridgehead atoms. The molecule has 0 saturated heterocycles. The van der Waals surface area contributed by atoms with Gasteiger partial charge in [-0.05, 0) is 37.6 Å². The van der Waals surface area contributed by atoms with Gasteiger partial charge in [-0.25, -0.2) is 4.98 Å². The number of H-pyrrole nitrogens is 1. The third-order valence-corrected chi connectivity index (χ3v) is 4.94. The molecule has 0 atom stereocenters. The molecule has 0 fully saturated rings. The largest absolute Gasteiger partial charge is 0.493 e. The van der Waals surface area contributed by atoms with Gasteiger partial charge in [-0.1, -0.05) is 13.3 Å². The Hall–Kier alpha value is -2.87. The lowest BCUT2D eigenvalue weighted by Crippen LogP contribution is -2.12. The number of benzene rings is 1. The molecule has 3 rings (SSSR count). The van der Waals surface area contributed by atoms with Crippen LogP contribution in [0.25, 0.3) is 11.3 Å². The SMILES string of the molecule is CCCc1cc(C(=O)Nc2nc(-c3ccc(OC)c(OC)c3)c(C)s2)n[nH]1. The molecule has 2 aromatic heterocycles. The highest BCUT2D eigenvalue weighted by atomic mass is 32.1. The van der Waals surface area contributed by atoms with Gasteiger partial charge in [0.1, 0.15) is 0 Å². The van der Waals surface area contributed by atoms with Gasteiger partial charge in [0.2, 0.25) is 0 Å². The van der Waals surface area contributed by atoms with E-state index in [-0.39, 0.29) is 5.91 Å². The van der Waals surface area contributed by atoms with E-state index in [1.54, 1.807) is 20.3 Å². The highest BCUT2D eigenvalue weighted by Crippen LogP contribution is 2.36. The summed E-state index contributed by atoms with van der Waals surface area (Å²) in [7, 11) is 3.19. The summed E-state index contributed by atoms with van der Waals surface area (Å²) in [5, 5.41) is 10.3. The number of hydrogen-bond acceptors (Lipinski definition) is 6. The number of methoxy groups -OCH3 is 2. The molecular weight excluding hydrogens is 364 g/mol. The number of aryl methyl sites for hydroxylation is 2. The van der Waals surface area contributed by atoms with Crippen molar-refractivity contribution in [1.29, 1.82) is 0 Å². The summed E-state index contributed by atoms with van der Waals surface area (Å²) in [5.41, 5.74) is 3.00. The molecule has 1 amide bonds. The minimum absolute atomic E-state index is 0.277. The molecule has 0 aliphatic carbocycles. The first-order chi connectivity index (χ1) is 13.0. The van der Waals surface area contributed by atoms with Crippen LogP contribution in [0.1, 0.15) is 34.4 Å². The van der Waals surface area contributed by atoms with Crippen LogP contribution < -0.4 is 14.8 Å². The molecule has 0 unspecified atom stereocenters. The van der Waals surface area contributed by atoms with Crippen LogP contribution in [-0.4, -0.2) is 35.3 Å². The van der Waals surface area contributed by atoms with E-state index >= 15 is 0 Å². The first-order valence-corrected chi connectivity index (χ1v) is 9.42. The Kier molecular flexibility index (Phi) is 5.75. The molecule has 2 heterocycles. The third kappa shape index (κ3) is 4.11. The molecule has 0 saturated carbocycles. The van der Waals surface area contributed by atoms with Crippen LogP contribution in [0.4, 0.5) is 5.13 Å². The summed E-state index contributed by atoms with van der Waals surface area (Å²) in [5.74, 6) is 1.01. The van der Waals surface area contributed by atoms with E-state index in [0.29, 0.717) is 22.3 Å². The number of rotatable bonds is 7. The zero-order chi connectivity index (χ0) is 19.4. The number of carbonyl (C=O) groups is 1. The predicted octanol–water partition coefficient (Wildman–Crippen LogP) is 4.06. The fourth-order valence-electron chi connectivity index (χ4n) is 2.74. The van der Waals surface area contributed by atoms with Gasteiger partial charge < -0.3 is 9.47 Å². The number of amides is 1. The Labute approximate surface area is 161 Å². The second-order valence-corrected chi connectivity index (χ2v) is 7.18. The maximum absolute atomic E-state index is 12.4. The van der Waals surface area contributed by atoms with Gasteiger partial charge in [0.15, 0.2) is 22.3 Å². The molecule has 8 heteroatoms. The van der Waals surface area contributed by atoms with Crippen molar-refractivity contribution in [2.24, 2.45) is 0 Å². The van der Waals surface area contributed by atoms with Gasteiger partial charge in [0.05, 0.1) is 19.9 Å². The van der Waals surface area contributed by atoms with Crippen molar-refractivity contribution >= 4 is 22.4 Å². The molecule has 2 N–H and O–H groups in total. The lowest BCUT2D eigenvalue weighted by molar-refractivity contribution is 0.102. The predicted molar refractivity (Wildman–Crippen MR) is 106 cm³/mol. The van der Waals surface area contributed by atoms with E-state index in [1.165, 1.54) is 11.3 Å². The number of carbonyl (C=O) groups excluding carboxylic acids is 1. The minimum atomic E-state index is -0.277. The van der Waals surface area contributed by atoms with Crippen LogP contribution >= 0.6 is 11.3 Å². The molecule has 0 spiro atoms. The number of nitrogens with one attached hydrogen (secondary N) is 2. The Morgan fingerprint density at radius 2 is 2.00 bits per heavy atom. The minimum Gasteiger partial charge on any atom is -0.493 e. The molecule has 1 aromatic carbocycles. The van der Waals surface area contributed by atoms with E-state index < -0.39 is 0 Å². The van der Waals surface area contributed by atoms with Crippen molar-refractivity contribution < 1.29 is 14.3 Å². The Bertz CT molecular complexity index is 948. The monoisotopic (exact) mass is 386 g/mol. The zero-order valence-corrected chi connectivity index (χ0v) is 16.6. The van der Waals surface area contributed by atoms with Crippen molar-refractivity contribution in [3.8, 4) is 22.8 Å². The molecule has 3 aromatic rings. The Morgan fingerprint density at radius 3 is 2.70 bits per heavy atom. The lowest BCUT2D eigenvalue weighted by atomic mass is 10.1. The van der Waals surface area contributed by atoms with Crippen LogP contribution in [0.5, 0.6) is 11.5 Å². The summed E-state index contributed by atoms with van der Waals surface area (Å²) in [4.78, 5) is 18.0. The summed E-state index contributed by atoms with van der Waals surface area (Å²) in [6.07, 6.45) is 1.85. The summed E-state index contributed by atoms with van der Waals surface area (Å²) < 4.78 is 10.6. The molecule has 0 aliphatic rings. The van der Waals surface area contributed by atoms with E-state index in [4.69, 9.17) is 9.47 Å². The van der Waals surface area contributed by atoms with Gasteiger partial charge >= 0.3 is 0 Å². The maximum Gasteiger partial charge on any atom is 0.277 e. The Morgan fingerprint density at radius 1 is 1.22 bits per heavy atom. The third-order valence-electron chi connectivity index (χ3n) is 4.06. The van der Waals surface area contributed by atoms with Crippen LogP contribution in [0.2, 0.25) is 0 Å². The van der Waals surface area contributed by atoms with Gasteiger partial charge in [-0.15, -0.1) is 11.3 Å². The van der Waals surface area contributed by atoms with Crippen LogP contribution in [0.3, 0.4) is 0 Å². The summed E-state index contributed by atoms with van der Waals surface area (Å²) >= 11 is 1.42. The van der Waals surface area contributed by atoms with Crippen molar-refractivity contribution in [3.05, 3.63) is 40.5 Å². The average Bonchev–Trinajstić information content (AvgIpc) is 3.28. The van der Waals surface area contributed by atoms with Crippen LogP contribution in [-0.2, 0) is 6.42 Å². The van der Waals surface area contributed by atoms with E-state index in [1.807, 2.05) is 25.1 Å². The molecule has 7 nitrogen and oxygen atoms in total. The first kappa shape index (κ1) is 18.9. The molecule has 0 aliphatic heterocycles. The quantitative estimate of drug-likeness (QED) is 0.639. The van der Waals surface area contributed by atoms with E-state index in [2.05, 4.69) is 27.4 Å². The highest BCUT2D eigenvalue weighted by Gasteiger charge is 2.16. The molecular formula is C19H22N4O3S. The average molecular weight is 386 g/mol. The maximum atomic E-state index is 12.4. The Balaban J connectivity index is 1.80. The van der Waals surface area contributed by atoms with Gasteiger partial charge in [0, 0.05) is 16.1 Å². The van der Waals surface area contributed by atoms with Gasteiger partial charge in [-0.3, -0.25) is 15.2 Å². The second kappa shape index (κ2) is 8.22. The standard InChI is InChI=1S/C19H22N4O3S/c1-5-6-13-10-14(23-22-13)18(24)21-19-20-17(11(2)27-19)12-7-8-15(25-3)16(9-12)26-4/h7-10H,5-6H2,1-4H3,(H,22,23)(H,20,21,24). The number of ether oxygens (including phenoxy) is 2. The molecule has 142 valence electrons. The van der Waals surface area contributed by atoms with Crippen LogP contribution in [0, 0.1) is 6.92 Å². The summed E-state index contributed by atoms with van der Waals surface area (Å²) in [6, 6.07) is 7.40. The fraction of sp³-hybridized carbons (Fsp3) is 0.316. The normalized spacial score (nSPS) is 10.7. The van der Waals surface area contributed by atoms with E-state index in [9.17, 15) is 4.79 Å². The van der Waals surface area contributed by atoms with Crippen LogP contribution in [0.15, 0.2) is 24.3 Å². The molecule has 0 radical (unpaired) electrons. The molecule has 27 heavy (non-hydrogen) atoms. The van der Waals surface area contributed by atoms with Crippen molar-refractivity contribution in [1.82, 2.24) is 15.2 Å². The highest BCUT2D eigenvalue weighted by molar-refractivity contribution is 7.16. The summed E-state index contributed by atoms with van der Waals surface area (Å²) in [6.45, 7) is 4.04. The number of aromatic nitrogens is 3. The zero-order valence-electron chi connectivity index (χ0n) is 15.8. The number of aromatic amines is 1. The van der Waals surface area contributed by atoms with Crippen molar-refractivity contribution in [2.75, 3.05) is 19.5 Å². The fourth-order valence-corrected chi connectivity index (χ4v) is 3.57. The number of anilines is 1. The number of nitrogens with zero attached hydrogens (tertiary/aromatic N) is 2. The van der Waals surface area contributed by atoms with Crippen molar-refractivity contribution in [2.45, 2.75) is 26.7 Å². The number of thiazole rings is 1. The first-order valence-electron chi connectivity index (χ1n) is 8.61. The van der Waals surface area contributed by atoms with Gasteiger partial charge in [-0.2, -0.15) is 5.10 Å². The van der Waals surface area contributed by atoms with Gasteiger partial charge in [0.25, 0.3) is 5.91 Å². The lowest BCUT2D eigenvalue weighted by Gasteiger charge is -2.08. The topological polar surface area (TPSA) is 89.1 Å². The number of hydrogen-bond donors (Lipinski definition) is 2. The van der Waals surface area contributed by atoms with E-state index in [0.717, 1.165) is 34.7 Å². The second-order valence-electron chi connectivity index (χ2n) is 5.98.